The van der Waals surface area contributed by atoms with Crippen LogP contribution in [0.3, 0.4) is 0 Å². The van der Waals surface area contributed by atoms with Crippen molar-refractivity contribution in [2.24, 2.45) is 0 Å². The van der Waals surface area contributed by atoms with Crippen LogP contribution < -0.4 is 14.4 Å². The third-order valence-corrected chi connectivity index (χ3v) is 6.53. The summed E-state index contributed by atoms with van der Waals surface area (Å²) >= 11 is 3.33. The summed E-state index contributed by atoms with van der Waals surface area (Å²) in [7, 11) is -0.712. The average molecular weight is 526 g/mol. The minimum Gasteiger partial charge on any atom is -0.497 e. The molecule has 0 bridgehead atoms. The molecular formula is C22H28BrN3O5S. The van der Waals surface area contributed by atoms with Crippen molar-refractivity contribution in [2.75, 3.05) is 31.3 Å². The van der Waals surface area contributed by atoms with E-state index in [2.05, 4.69) is 21.2 Å². The monoisotopic (exact) mass is 525 g/mol. The number of amides is 2. The third-order valence-electron chi connectivity index (χ3n) is 4.89. The van der Waals surface area contributed by atoms with Crippen LogP contribution >= 0.6 is 15.9 Å². The van der Waals surface area contributed by atoms with E-state index in [1.807, 2.05) is 6.07 Å². The van der Waals surface area contributed by atoms with Gasteiger partial charge < -0.3 is 15.0 Å². The Kier molecular flexibility index (Phi) is 9.09. The zero-order valence-electron chi connectivity index (χ0n) is 18.5. The largest absolute Gasteiger partial charge is 0.497 e. The standard InChI is InChI=1S/C22H28BrN3O5S/c1-5-20(22(28)24-2)25(14-16-8-6-11-19(12-16)31-3)21(27)15-26(32(4,29)30)18-10-7-9-17(23)13-18/h6-13,20H,5,14-15H2,1-4H3,(H,24,28). The minimum absolute atomic E-state index is 0.123. The lowest BCUT2D eigenvalue weighted by molar-refractivity contribution is -0.140. The molecular weight excluding hydrogens is 498 g/mol. The molecule has 0 heterocycles. The van der Waals surface area contributed by atoms with Crippen LogP contribution in [0, 0.1) is 0 Å². The van der Waals surface area contributed by atoms with Crippen LogP contribution in [0.4, 0.5) is 5.69 Å². The molecule has 32 heavy (non-hydrogen) atoms. The van der Waals surface area contributed by atoms with E-state index < -0.39 is 28.5 Å². The molecule has 0 fully saturated rings. The zero-order chi connectivity index (χ0) is 23.9. The van der Waals surface area contributed by atoms with Gasteiger partial charge in [0, 0.05) is 18.1 Å². The van der Waals surface area contributed by atoms with E-state index in [4.69, 9.17) is 4.74 Å². The van der Waals surface area contributed by atoms with Crippen molar-refractivity contribution in [3.8, 4) is 5.75 Å². The zero-order valence-corrected chi connectivity index (χ0v) is 20.9. The number of likely N-dealkylation sites (N-methyl/N-ethyl adjacent to an activating group) is 1. The minimum atomic E-state index is -3.76. The van der Waals surface area contributed by atoms with Crippen LogP contribution in [0.15, 0.2) is 53.0 Å². The topological polar surface area (TPSA) is 96.0 Å². The number of nitrogens with one attached hydrogen (secondary N) is 1. The quantitative estimate of drug-likeness (QED) is 0.514. The highest BCUT2D eigenvalue weighted by molar-refractivity contribution is 9.10. The molecule has 1 N–H and O–H groups in total. The van der Waals surface area contributed by atoms with Crippen LogP contribution in [-0.4, -0.2) is 58.1 Å². The second kappa shape index (κ2) is 11.3. The second-order valence-corrected chi connectivity index (χ2v) is 9.98. The molecule has 8 nitrogen and oxygen atoms in total. The molecule has 174 valence electrons. The first kappa shape index (κ1) is 25.7. The smallest absolute Gasteiger partial charge is 0.244 e. The first-order valence-electron chi connectivity index (χ1n) is 9.98. The van der Waals surface area contributed by atoms with E-state index in [0.717, 1.165) is 16.1 Å². The molecule has 2 aromatic carbocycles. The number of hydrogen-bond acceptors (Lipinski definition) is 5. The van der Waals surface area contributed by atoms with E-state index >= 15 is 0 Å². The maximum atomic E-state index is 13.4. The predicted molar refractivity (Wildman–Crippen MR) is 128 cm³/mol. The fourth-order valence-electron chi connectivity index (χ4n) is 3.30. The molecule has 2 rings (SSSR count). The summed E-state index contributed by atoms with van der Waals surface area (Å²) in [5.74, 6) is -0.194. The summed E-state index contributed by atoms with van der Waals surface area (Å²) in [6, 6.07) is 13.1. The molecule has 0 radical (unpaired) electrons. The Morgan fingerprint density at radius 3 is 2.41 bits per heavy atom. The molecule has 0 aliphatic rings. The van der Waals surface area contributed by atoms with Gasteiger partial charge in [0.15, 0.2) is 0 Å². The Morgan fingerprint density at radius 1 is 1.16 bits per heavy atom. The van der Waals surface area contributed by atoms with Gasteiger partial charge in [0.05, 0.1) is 19.1 Å². The van der Waals surface area contributed by atoms with Crippen molar-refractivity contribution in [1.29, 1.82) is 0 Å². The van der Waals surface area contributed by atoms with Crippen molar-refractivity contribution in [1.82, 2.24) is 10.2 Å². The lowest BCUT2D eigenvalue weighted by Crippen LogP contribution is -2.51. The normalized spacial score (nSPS) is 12.0. The van der Waals surface area contributed by atoms with Gasteiger partial charge in [-0.3, -0.25) is 13.9 Å². The molecule has 0 spiro atoms. The molecule has 1 unspecified atom stereocenters. The fraction of sp³-hybridized carbons (Fsp3) is 0.364. The molecule has 10 heteroatoms. The highest BCUT2D eigenvalue weighted by Crippen LogP contribution is 2.23. The van der Waals surface area contributed by atoms with Gasteiger partial charge in [-0.05, 0) is 42.3 Å². The highest BCUT2D eigenvalue weighted by atomic mass is 79.9. The summed E-state index contributed by atoms with van der Waals surface area (Å²) in [4.78, 5) is 27.4. The van der Waals surface area contributed by atoms with Crippen molar-refractivity contribution in [2.45, 2.75) is 25.9 Å². The number of carbonyl (C=O) groups is 2. The maximum absolute atomic E-state index is 13.4. The van der Waals surface area contributed by atoms with Gasteiger partial charge in [0.2, 0.25) is 21.8 Å². The van der Waals surface area contributed by atoms with Gasteiger partial charge in [-0.25, -0.2) is 8.42 Å². The van der Waals surface area contributed by atoms with Crippen molar-refractivity contribution in [3.05, 3.63) is 58.6 Å². The molecule has 2 amide bonds. The van der Waals surface area contributed by atoms with Gasteiger partial charge in [-0.2, -0.15) is 0 Å². The number of nitrogens with zero attached hydrogens (tertiary/aromatic N) is 2. The number of anilines is 1. The van der Waals surface area contributed by atoms with E-state index in [-0.39, 0.29) is 12.5 Å². The molecule has 0 aromatic heterocycles. The van der Waals surface area contributed by atoms with Crippen LogP contribution in [-0.2, 0) is 26.2 Å². The Hall–Kier alpha value is -2.59. The number of halogens is 1. The number of methoxy groups -OCH3 is 1. The van der Waals surface area contributed by atoms with Crippen LogP contribution in [0.2, 0.25) is 0 Å². The summed E-state index contributed by atoms with van der Waals surface area (Å²) in [5.41, 5.74) is 1.11. The first-order chi connectivity index (χ1) is 15.1. The first-order valence-corrected chi connectivity index (χ1v) is 12.6. The van der Waals surface area contributed by atoms with Crippen LogP contribution in [0.1, 0.15) is 18.9 Å². The van der Waals surface area contributed by atoms with Crippen LogP contribution in [0.5, 0.6) is 5.75 Å². The van der Waals surface area contributed by atoms with Crippen molar-refractivity contribution >= 4 is 43.5 Å². The molecule has 0 aliphatic heterocycles. The Bertz CT molecular complexity index is 1060. The van der Waals surface area contributed by atoms with E-state index in [0.29, 0.717) is 22.3 Å². The summed E-state index contributed by atoms with van der Waals surface area (Å²) in [5, 5.41) is 2.59. The average Bonchev–Trinajstić information content (AvgIpc) is 2.76. The fourth-order valence-corrected chi connectivity index (χ4v) is 4.53. The second-order valence-electron chi connectivity index (χ2n) is 7.16. The summed E-state index contributed by atoms with van der Waals surface area (Å²) in [6.07, 6.45) is 1.41. The number of rotatable bonds is 10. The molecule has 0 saturated heterocycles. The third kappa shape index (κ3) is 6.70. The lowest BCUT2D eigenvalue weighted by Gasteiger charge is -2.32. The molecule has 0 aliphatic carbocycles. The van der Waals surface area contributed by atoms with Gasteiger partial charge in [0.25, 0.3) is 0 Å². The number of sulfonamides is 1. The summed E-state index contributed by atoms with van der Waals surface area (Å²) < 4.78 is 32.0. The SMILES string of the molecule is CCC(C(=O)NC)N(Cc1cccc(OC)c1)C(=O)CN(c1cccc(Br)c1)S(C)(=O)=O. The molecule has 1 atom stereocenters. The lowest BCUT2D eigenvalue weighted by atomic mass is 10.1. The van der Waals surface area contributed by atoms with Crippen molar-refractivity contribution in [3.63, 3.8) is 0 Å². The van der Waals surface area contributed by atoms with Gasteiger partial charge in [-0.1, -0.05) is 41.1 Å². The maximum Gasteiger partial charge on any atom is 0.244 e. The van der Waals surface area contributed by atoms with E-state index in [1.165, 1.54) is 11.9 Å². The molecule has 0 saturated carbocycles. The Balaban J connectivity index is 2.43. The summed E-state index contributed by atoms with van der Waals surface area (Å²) in [6.45, 7) is 1.49. The number of ether oxygens (including phenoxy) is 1. The van der Waals surface area contributed by atoms with Gasteiger partial charge in [-0.15, -0.1) is 0 Å². The number of benzene rings is 2. The van der Waals surface area contributed by atoms with Gasteiger partial charge >= 0.3 is 0 Å². The Labute approximate surface area is 197 Å². The Morgan fingerprint density at radius 2 is 1.84 bits per heavy atom. The number of carbonyl (C=O) groups excluding carboxylic acids is 2. The van der Waals surface area contributed by atoms with Crippen molar-refractivity contribution < 1.29 is 22.7 Å². The van der Waals surface area contributed by atoms with E-state index in [1.54, 1.807) is 56.5 Å². The van der Waals surface area contributed by atoms with E-state index in [9.17, 15) is 18.0 Å². The predicted octanol–water partition coefficient (Wildman–Crippen LogP) is 2.78. The molecule has 2 aromatic rings. The highest BCUT2D eigenvalue weighted by Gasteiger charge is 2.31. The van der Waals surface area contributed by atoms with Crippen LogP contribution in [0.25, 0.3) is 0 Å². The number of hydrogen-bond donors (Lipinski definition) is 1. The van der Waals surface area contributed by atoms with Gasteiger partial charge in [0.1, 0.15) is 18.3 Å².